The van der Waals surface area contributed by atoms with Crippen LogP contribution in [0.3, 0.4) is 0 Å². The van der Waals surface area contributed by atoms with Gasteiger partial charge in [-0.15, -0.1) is 5.11 Å². The first-order valence-electron chi connectivity index (χ1n) is 6.51. The molecule has 8 nitrogen and oxygen atoms in total. The summed E-state index contributed by atoms with van der Waals surface area (Å²) in [5.41, 5.74) is 0.368. The average Bonchev–Trinajstić information content (AvgIpc) is 2.45. The van der Waals surface area contributed by atoms with Crippen molar-refractivity contribution < 1.29 is 25.2 Å². The van der Waals surface area contributed by atoms with Gasteiger partial charge < -0.3 is 25.3 Å². The van der Waals surface area contributed by atoms with Crippen LogP contribution in [0, 0.1) is 0 Å². The molecule has 0 aromatic heterocycles. The van der Waals surface area contributed by atoms with Gasteiger partial charge in [-0.2, -0.15) is 5.11 Å². The summed E-state index contributed by atoms with van der Waals surface area (Å²) in [7, 11) is 3.50. The molecule has 0 aliphatic rings. The highest BCUT2D eigenvalue weighted by molar-refractivity contribution is 5.91. The Morgan fingerprint density at radius 2 is 1.57 bits per heavy atom. The summed E-state index contributed by atoms with van der Waals surface area (Å²) in [6, 6.07) is 6.48. The molecule has 0 aliphatic carbocycles. The molecular formula is C15H15N3O5. The number of rotatable bonds is 4. The lowest BCUT2D eigenvalue weighted by Crippen LogP contribution is -2.07. The molecule has 0 unspecified atom stereocenters. The molecule has 120 valence electrons. The van der Waals surface area contributed by atoms with Crippen molar-refractivity contribution in [2.45, 2.75) is 0 Å². The number of anilines is 1. The molecule has 23 heavy (non-hydrogen) atoms. The first kappa shape index (κ1) is 16.1. The van der Waals surface area contributed by atoms with Gasteiger partial charge in [-0.25, -0.2) is 4.79 Å². The predicted molar refractivity (Wildman–Crippen MR) is 83.3 cm³/mol. The van der Waals surface area contributed by atoms with Crippen molar-refractivity contribution >= 4 is 23.0 Å². The predicted octanol–water partition coefficient (Wildman–Crippen LogP) is 2.98. The lowest BCUT2D eigenvalue weighted by molar-refractivity contribution is 0.0694. The van der Waals surface area contributed by atoms with E-state index in [0.29, 0.717) is 5.69 Å². The normalized spacial score (nSPS) is 10.9. The van der Waals surface area contributed by atoms with E-state index in [1.165, 1.54) is 24.3 Å². The number of carbonyl (C=O) groups is 1. The first-order chi connectivity index (χ1) is 10.8. The third kappa shape index (κ3) is 3.49. The fourth-order valence-corrected chi connectivity index (χ4v) is 1.82. The number of aromatic carboxylic acids is 1. The summed E-state index contributed by atoms with van der Waals surface area (Å²) in [5.74, 6) is -2.24. The Balaban J connectivity index is 2.34. The number of nitrogens with zero attached hydrogens (tertiary/aromatic N) is 3. The Hall–Kier alpha value is -3.29. The van der Waals surface area contributed by atoms with Crippen molar-refractivity contribution in [3.8, 4) is 17.2 Å². The Morgan fingerprint density at radius 3 is 2.04 bits per heavy atom. The van der Waals surface area contributed by atoms with Crippen molar-refractivity contribution in [1.29, 1.82) is 0 Å². The van der Waals surface area contributed by atoms with Crippen LogP contribution < -0.4 is 4.90 Å². The van der Waals surface area contributed by atoms with Gasteiger partial charge in [0.2, 0.25) is 0 Å². The van der Waals surface area contributed by atoms with Crippen LogP contribution in [-0.2, 0) is 0 Å². The lowest BCUT2D eigenvalue weighted by atomic mass is 10.2. The molecule has 2 aromatic carbocycles. The quantitative estimate of drug-likeness (QED) is 0.642. The van der Waals surface area contributed by atoms with Crippen LogP contribution in [-0.4, -0.2) is 40.5 Å². The molecule has 0 heterocycles. The van der Waals surface area contributed by atoms with Crippen LogP contribution >= 0.6 is 0 Å². The summed E-state index contributed by atoms with van der Waals surface area (Å²) in [6.45, 7) is 0. The van der Waals surface area contributed by atoms with Crippen molar-refractivity contribution in [2.75, 3.05) is 19.0 Å². The number of benzene rings is 2. The maximum atomic E-state index is 10.8. The smallest absolute Gasteiger partial charge is 0.339 e. The fraction of sp³-hybridized carbons (Fsp3) is 0.133. The van der Waals surface area contributed by atoms with Crippen molar-refractivity contribution in [1.82, 2.24) is 0 Å². The van der Waals surface area contributed by atoms with Crippen LogP contribution in [0.5, 0.6) is 17.2 Å². The lowest BCUT2D eigenvalue weighted by Gasteiger charge is -2.13. The minimum absolute atomic E-state index is 0.127. The molecule has 4 N–H and O–H groups in total. The number of hydrogen-bond donors (Lipinski definition) is 4. The third-order valence-electron chi connectivity index (χ3n) is 3.05. The zero-order valence-electron chi connectivity index (χ0n) is 12.4. The second-order valence-corrected chi connectivity index (χ2v) is 4.93. The van der Waals surface area contributed by atoms with Gasteiger partial charge in [-0.05, 0) is 12.1 Å². The van der Waals surface area contributed by atoms with Gasteiger partial charge in [0.15, 0.2) is 5.69 Å². The number of hydrogen-bond acceptors (Lipinski definition) is 7. The second-order valence-electron chi connectivity index (χ2n) is 4.93. The highest BCUT2D eigenvalue weighted by atomic mass is 16.4. The molecule has 0 saturated carbocycles. The standard InChI is InChI=1S/C15H15N3O5/c1-18(2)9-6-12(20)14(13(21)7-9)17-16-8-3-4-10(15(22)23)11(19)5-8/h3-7,19-21H,1-2H3,(H,22,23)/b17-16+. The maximum absolute atomic E-state index is 10.8. The molecule has 0 radical (unpaired) electrons. The van der Waals surface area contributed by atoms with Gasteiger partial charge in [-0.1, -0.05) is 0 Å². The van der Waals surface area contributed by atoms with E-state index in [-0.39, 0.29) is 28.4 Å². The number of phenolic OH excluding ortho intramolecular Hbond substituents is 2. The topological polar surface area (TPSA) is 126 Å². The molecule has 0 atom stereocenters. The van der Waals surface area contributed by atoms with Crippen LogP contribution in [0.2, 0.25) is 0 Å². The number of carboxylic acids is 1. The molecule has 2 rings (SSSR count). The highest BCUT2D eigenvalue weighted by Gasteiger charge is 2.12. The minimum atomic E-state index is -1.26. The zero-order chi connectivity index (χ0) is 17.1. The molecule has 0 fully saturated rings. The van der Waals surface area contributed by atoms with E-state index in [4.69, 9.17) is 5.11 Å². The molecule has 0 spiro atoms. The molecule has 0 bridgehead atoms. The van der Waals surface area contributed by atoms with Gasteiger partial charge in [0.05, 0.1) is 5.69 Å². The average molecular weight is 317 g/mol. The zero-order valence-corrected chi connectivity index (χ0v) is 12.4. The molecule has 0 saturated heterocycles. The Bertz CT molecular complexity index is 764. The summed E-state index contributed by atoms with van der Waals surface area (Å²) in [6.07, 6.45) is 0. The van der Waals surface area contributed by atoms with E-state index in [1.54, 1.807) is 19.0 Å². The largest absolute Gasteiger partial charge is 0.507 e. The van der Waals surface area contributed by atoms with Gasteiger partial charge >= 0.3 is 5.97 Å². The van der Waals surface area contributed by atoms with Crippen molar-refractivity contribution in [2.24, 2.45) is 10.2 Å². The van der Waals surface area contributed by atoms with Gasteiger partial charge in [-0.3, -0.25) is 0 Å². The fourth-order valence-electron chi connectivity index (χ4n) is 1.82. The van der Waals surface area contributed by atoms with Gasteiger partial charge in [0.1, 0.15) is 22.8 Å². The highest BCUT2D eigenvalue weighted by Crippen LogP contribution is 2.40. The number of carboxylic acid groups (broad SMARTS) is 1. The maximum Gasteiger partial charge on any atom is 0.339 e. The second kappa shape index (κ2) is 6.22. The van der Waals surface area contributed by atoms with E-state index in [9.17, 15) is 20.1 Å². The van der Waals surface area contributed by atoms with Crippen LogP contribution in [0.4, 0.5) is 17.1 Å². The van der Waals surface area contributed by atoms with Crippen LogP contribution in [0.1, 0.15) is 10.4 Å². The Kier molecular flexibility index (Phi) is 4.35. The minimum Gasteiger partial charge on any atom is -0.507 e. The summed E-state index contributed by atoms with van der Waals surface area (Å²) < 4.78 is 0. The van der Waals surface area contributed by atoms with Gasteiger partial charge in [0, 0.05) is 38.0 Å². The molecule has 2 aromatic rings. The number of aromatic hydroxyl groups is 3. The number of phenols is 3. The van der Waals surface area contributed by atoms with E-state index >= 15 is 0 Å². The summed E-state index contributed by atoms with van der Waals surface area (Å²) in [5, 5.41) is 45.7. The Labute approximate surface area is 131 Å². The monoisotopic (exact) mass is 317 g/mol. The van der Waals surface area contributed by atoms with E-state index in [2.05, 4.69) is 10.2 Å². The summed E-state index contributed by atoms with van der Waals surface area (Å²) >= 11 is 0. The van der Waals surface area contributed by atoms with Crippen LogP contribution in [0.15, 0.2) is 40.6 Å². The van der Waals surface area contributed by atoms with Crippen molar-refractivity contribution in [3.63, 3.8) is 0 Å². The summed E-state index contributed by atoms with van der Waals surface area (Å²) in [4.78, 5) is 12.5. The van der Waals surface area contributed by atoms with E-state index < -0.39 is 11.7 Å². The molecule has 8 heteroatoms. The molecular weight excluding hydrogens is 302 g/mol. The van der Waals surface area contributed by atoms with E-state index in [0.717, 1.165) is 6.07 Å². The number of azo groups is 1. The first-order valence-corrected chi connectivity index (χ1v) is 6.51. The van der Waals surface area contributed by atoms with Crippen LogP contribution in [0.25, 0.3) is 0 Å². The van der Waals surface area contributed by atoms with Crippen molar-refractivity contribution in [3.05, 3.63) is 35.9 Å². The van der Waals surface area contributed by atoms with Gasteiger partial charge in [0.25, 0.3) is 0 Å². The van der Waals surface area contributed by atoms with E-state index in [1.807, 2.05) is 0 Å². The molecule has 0 amide bonds. The Morgan fingerprint density at radius 1 is 0.957 bits per heavy atom. The molecule has 0 aliphatic heterocycles. The SMILES string of the molecule is CN(C)c1cc(O)c(/N=N/c2ccc(C(=O)O)c(O)c2)c(O)c1. The third-order valence-corrected chi connectivity index (χ3v) is 3.05.